The topological polar surface area (TPSA) is 83.6 Å². The molecule has 37 heavy (non-hydrogen) atoms. The van der Waals surface area contributed by atoms with Crippen molar-refractivity contribution in [2.45, 2.75) is 32.1 Å². The first kappa shape index (κ1) is 31.9. The van der Waals surface area contributed by atoms with Crippen LogP contribution >= 0.6 is 0 Å². The zero-order chi connectivity index (χ0) is 26.9. The molecule has 3 rings (SSSR count). The maximum atomic E-state index is 11.9. The molecule has 0 spiro atoms. The zero-order valence-corrected chi connectivity index (χ0v) is 24.2. The molecular formula is C27H55N7O3. The third kappa shape index (κ3) is 15.0. The number of nitrogens with one attached hydrogen (secondary N) is 2. The smallest absolute Gasteiger partial charge is 0.220 e. The summed E-state index contributed by atoms with van der Waals surface area (Å²) in [7, 11) is 8.13. The molecule has 0 radical (unpaired) electrons. The van der Waals surface area contributed by atoms with Crippen LogP contribution in [0, 0.1) is 5.92 Å². The van der Waals surface area contributed by atoms with Gasteiger partial charge in [-0.25, -0.2) is 0 Å². The lowest BCUT2D eigenvalue weighted by Crippen LogP contribution is -2.47. The number of nitrogens with zero attached hydrogens (tertiary/aromatic N) is 5. The normalized spacial score (nSPS) is 21.3. The van der Waals surface area contributed by atoms with Crippen LogP contribution in [0.4, 0.5) is 0 Å². The zero-order valence-electron chi connectivity index (χ0n) is 24.2. The Balaban J connectivity index is 0.000000264. The maximum absolute atomic E-state index is 11.9. The molecule has 0 bridgehead atoms. The standard InChI is InChI=1S/C15H30N4O.C12H25N3O2/c1-17-6-3-14(4-7-17)13-15(20)16-5-8-19-11-9-18(2)10-12-19;1-14-7-9-15(10-8-14)6-5-13-12(16)4-3-11-17-2/h14H,3-13H2,1-2H3,(H,16,20);3-11H2,1-2H3,(H,13,16). The number of ether oxygens (including phenoxy) is 1. The Hall–Kier alpha value is -1.30. The molecule has 3 aliphatic heterocycles. The van der Waals surface area contributed by atoms with E-state index in [0.717, 1.165) is 104 Å². The lowest BCUT2D eigenvalue weighted by Gasteiger charge is -2.32. The summed E-state index contributed by atoms with van der Waals surface area (Å²) in [6.45, 7) is 15.5. The van der Waals surface area contributed by atoms with E-state index < -0.39 is 0 Å². The van der Waals surface area contributed by atoms with Gasteiger partial charge in [0.2, 0.25) is 11.8 Å². The first-order valence-corrected chi connectivity index (χ1v) is 14.4. The lowest BCUT2D eigenvalue weighted by atomic mass is 9.93. The van der Waals surface area contributed by atoms with Gasteiger partial charge in [-0.3, -0.25) is 19.4 Å². The Bertz CT molecular complexity index is 615. The highest BCUT2D eigenvalue weighted by molar-refractivity contribution is 5.76. The molecule has 10 heteroatoms. The number of likely N-dealkylation sites (N-methyl/N-ethyl adjacent to an activating group) is 2. The van der Waals surface area contributed by atoms with E-state index in [9.17, 15) is 9.59 Å². The van der Waals surface area contributed by atoms with Crippen LogP contribution in [0.1, 0.15) is 32.1 Å². The second-order valence-corrected chi connectivity index (χ2v) is 11.0. The summed E-state index contributed by atoms with van der Waals surface area (Å²) in [6, 6.07) is 0. The number of carbonyl (C=O) groups excluding carboxylic acids is 2. The van der Waals surface area contributed by atoms with Crippen LogP contribution < -0.4 is 10.6 Å². The Labute approximate surface area is 226 Å². The third-order valence-corrected chi connectivity index (χ3v) is 7.76. The second kappa shape index (κ2) is 18.9. The minimum atomic E-state index is 0.135. The summed E-state index contributed by atoms with van der Waals surface area (Å²) >= 11 is 0. The molecule has 2 N–H and O–H groups in total. The van der Waals surface area contributed by atoms with Gasteiger partial charge < -0.3 is 30.1 Å². The lowest BCUT2D eigenvalue weighted by molar-refractivity contribution is -0.122. The average Bonchev–Trinajstić information content (AvgIpc) is 2.88. The molecule has 3 heterocycles. The number of methoxy groups -OCH3 is 1. The van der Waals surface area contributed by atoms with Gasteiger partial charge >= 0.3 is 0 Å². The van der Waals surface area contributed by atoms with Gasteiger partial charge in [-0.2, -0.15) is 0 Å². The van der Waals surface area contributed by atoms with Crippen molar-refractivity contribution >= 4 is 11.8 Å². The molecule has 2 amide bonds. The molecule has 0 aliphatic carbocycles. The molecule has 0 unspecified atom stereocenters. The SMILES string of the molecule is CN1CCC(CC(=O)NCCN2CCN(C)CC2)CC1.COCCCC(=O)NCCN1CCN(C)CC1. The van der Waals surface area contributed by atoms with Crippen LogP contribution in [-0.4, -0.2) is 163 Å². The monoisotopic (exact) mass is 525 g/mol. The first-order valence-electron chi connectivity index (χ1n) is 14.4. The Morgan fingerprint density at radius 2 is 1.16 bits per heavy atom. The summed E-state index contributed by atoms with van der Waals surface area (Å²) in [4.78, 5) is 35.2. The average molecular weight is 526 g/mol. The molecule has 3 saturated heterocycles. The van der Waals surface area contributed by atoms with E-state index in [-0.39, 0.29) is 11.8 Å². The number of amides is 2. The summed E-state index contributed by atoms with van der Waals surface area (Å²) in [6.07, 6.45) is 4.43. The van der Waals surface area contributed by atoms with Crippen molar-refractivity contribution in [2.24, 2.45) is 5.92 Å². The minimum Gasteiger partial charge on any atom is -0.385 e. The number of hydrogen-bond donors (Lipinski definition) is 2. The molecule has 216 valence electrons. The van der Waals surface area contributed by atoms with Gasteiger partial charge in [0.05, 0.1) is 0 Å². The maximum Gasteiger partial charge on any atom is 0.220 e. The first-order chi connectivity index (χ1) is 17.9. The largest absolute Gasteiger partial charge is 0.385 e. The van der Waals surface area contributed by atoms with E-state index in [1.54, 1.807) is 7.11 Å². The Kier molecular flexibility index (Phi) is 16.3. The van der Waals surface area contributed by atoms with Crippen molar-refractivity contribution in [1.82, 2.24) is 35.1 Å². The fourth-order valence-electron chi connectivity index (χ4n) is 4.92. The van der Waals surface area contributed by atoms with Crippen molar-refractivity contribution in [2.75, 3.05) is 126 Å². The molecule has 0 saturated carbocycles. The van der Waals surface area contributed by atoms with Gasteiger partial charge in [0.15, 0.2) is 0 Å². The van der Waals surface area contributed by atoms with Crippen molar-refractivity contribution in [1.29, 1.82) is 0 Å². The third-order valence-electron chi connectivity index (χ3n) is 7.76. The van der Waals surface area contributed by atoms with E-state index in [4.69, 9.17) is 4.74 Å². The quantitative estimate of drug-likeness (QED) is 0.341. The summed E-state index contributed by atoms with van der Waals surface area (Å²) in [5.41, 5.74) is 0. The Morgan fingerprint density at radius 3 is 1.65 bits per heavy atom. The highest BCUT2D eigenvalue weighted by atomic mass is 16.5. The predicted molar refractivity (Wildman–Crippen MR) is 150 cm³/mol. The summed E-state index contributed by atoms with van der Waals surface area (Å²) in [5.74, 6) is 0.972. The van der Waals surface area contributed by atoms with E-state index in [0.29, 0.717) is 18.9 Å². The number of carbonyl (C=O) groups is 2. The van der Waals surface area contributed by atoms with Crippen LogP contribution in [0.2, 0.25) is 0 Å². The minimum absolute atomic E-state index is 0.135. The number of likely N-dealkylation sites (tertiary alicyclic amines) is 1. The number of rotatable bonds is 12. The molecule has 3 fully saturated rings. The highest BCUT2D eigenvalue weighted by Gasteiger charge is 2.20. The van der Waals surface area contributed by atoms with Gasteiger partial charge in [0, 0.05) is 105 Å². The van der Waals surface area contributed by atoms with E-state index in [1.807, 2.05) is 0 Å². The van der Waals surface area contributed by atoms with E-state index in [2.05, 4.69) is 56.3 Å². The summed E-state index contributed by atoms with van der Waals surface area (Å²) in [5, 5.41) is 6.04. The molecule has 0 aromatic carbocycles. The molecule has 0 aromatic rings. The molecule has 10 nitrogen and oxygen atoms in total. The number of piperazine rings is 2. The van der Waals surface area contributed by atoms with Gasteiger partial charge in [-0.05, 0) is 59.4 Å². The van der Waals surface area contributed by atoms with Crippen LogP contribution in [0.15, 0.2) is 0 Å². The van der Waals surface area contributed by atoms with Crippen LogP contribution in [0.25, 0.3) is 0 Å². The highest BCUT2D eigenvalue weighted by Crippen LogP contribution is 2.19. The van der Waals surface area contributed by atoms with E-state index in [1.165, 1.54) is 12.8 Å². The molecule has 3 aliphatic rings. The predicted octanol–water partition coefficient (Wildman–Crippen LogP) is -0.141. The van der Waals surface area contributed by atoms with Gasteiger partial charge in [-0.15, -0.1) is 0 Å². The number of piperidine rings is 1. The molecule has 0 aromatic heterocycles. The fourth-order valence-corrected chi connectivity index (χ4v) is 4.92. The van der Waals surface area contributed by atoms with Crippen molar-refractivity contribution in [3.63, 3.8) is 0 Å². The second-order valence-electron chi connectivity index (χ2n) is 11.0. The van der Waals surface area contributed by atoms with Crippen LogP contribution in [0.3, 0.4) is 0 Å². The number of hydrogen-bond acceptors (Lipinski definition) is 8. The van der Waals surface area contributed by atoms with Crippen molar-refractivity contribution in [3.05, 3.63) is 0 Å². The molecular weight excluding hydrogens is 470 g/mol. The molecule has 0 atom stereocenters. The van der Waals surface area contributed by atoms with Gasteiger partial charge in [-0.1, -0.05) is 0 Å². The van der Waals surface area contributed by atoms with Gasteiger partial charge in [0.1, 0.15) is 0 Å². The van der Waals surface area contributed by atoms with Crippen molar-refractivity contribution in [3.8, 4) is 0 Å². The van der Waals surface area contributed by atoms with E-state index >= 15 is 0 Å². The van der Waals surface area contributed by atoms with Crippen LogP contribution in [0.5, 0.6) is 0 Å². The summed E-state index contributed by atoms with van der Waals surface area (Å²) < 4.78 is 4.91. The Morgan fingerprint density at radius 1 is 0.703 bits per heavy atom. The van der Waals surface area contributed by atoms with Crippen LogP contribution in [-0.2, 0) is 14.3 Å². The van der Waals surface area contributed by atoms with Gasteiger partial charge in [0.25, 0.3) is 0 Å². The fraction of sp³-hybridized carbons (Fsp3) is 0.926. The van der Waals surface area contributed by atoms with Crippen molar-refractivity contribution < 1.29 is 14.3 Å².